The van der Waals surface area contributed by atoms with E-state index < -0.39 is 117 Å². The lowest BCUT2D eigenvalue weighted by molar-refractivity contribution is -0.171. The molecule has 0 aromatic carbocycles. The van der Waals surface area contributed by atoms with Crippen LogP contribution < -0.4 is 21.3 Å². The zero-order valence-electron chi connectivity index (χ0n) is 35.1. The fourth-order valence-electron chi connectivity index (χ4n) is 5.75. The molecule has 0 saturated carbocycles. The molecule has 0 unspecified atom stereocenters. The second kappa shape index (κ2) is 34.0. The number of hydrogen-bond acceptors (Lipinski definition) is 15. The molecule has 23 nitrogen and oxygen atoms in total. The van der Waals surface area contributed by atoms with E-state index in [-0.39, 0.29) is 40.8 Å². The Bertz CT molecular complexity index is 1500. The standard InChI is InChI=1S/C39H63N7O16/c1-2-3-4-5-6-7-8-9-10-11-12-13-14-15-16-17-32(51)40-28(18-21-33(52)44(60)25-48)36(55)41-29(19-22-34(53)45(61)26-49)37(56)43-31(24-47)38(57)42-30(39(58)59)20-23-35(54)46(62)27-50/h9-10,25-31,47,60-62H,2-8,11-24H2,1H3,(H,40,51)(H,41,55)(H,42,57)(H,43,56)(H,58,59)/b10-9-/t28-,29-,30-,31-/m0/s1. The highest BCUT2D eigenvalue weighted by Crippen LogP contribution is 2.12. The molecule has 0 heterocycles. The number of carboxylic acid groups (broad SMARTS) is 1. The molecule has 0 saturated heterocycles. The van der Waals surface area contributed by atoms with Gasteiger partial charge in [0.25, 0.3) is 17.7 Å². The second-order valence-electron chi connectivity index (χ2n) is 14.3. The number of carbonyl (C=O) groups excluding carboxylic acids is 10. The minimum Gasteiger partial charge on any atom is -0.480 e. The lowest BCUT2D eigenvalue weighted by Gasteiger charge is -2.25. The van der Waals surface area contributed by atoms with Crippen molar-refractivity contribution in [2.24, 2.45) is 0 Å². The maximum atomic E-state index is 13.6. The summed E-state index contributed by atoms with van der Waals surface area (Å²) < 4.78 is 0. The Balaban J connectivity index is 5.72. The molecule has 10 amide bonds. The van der Waals surface area contributed by atoms with Gasteiger partial charge in [-0.25, -0.2) is 4.79 Å². The summed E-state index contributed by atoms with van der Waals surface area (Å²) in [5.74, 6) is -9.65. The molecular weight excluding hydrogens is 822 g/mol. The van der Waals surface area contributed by atoms with Crippen LogP contribution in [-0.4, -0.2) is 138 Å². The molecule has 0 fully saturated rings. The van der Waals surface area contributed by atoms with Crippen molar-refractivity contribution in [3.63, 3.8) is 0 Å². The Kier molecular flexibility index (Phi) is 30.9. The van der Waals surface area contributed by atoms with Crippen LogP contribution in [0.5, 0.6) is 0 Å². The van der Waals surface area contributed by atoms with Crippen LogP contribution in [0.25, 0.3) is 0 Å². The van der Waals surface area contributed by atoms with Gasteiger partial charge in [-0.1, -0.05) is 70.4 Å². The van der Waals surface area contributed by atoms with E-state index in [4.69, 9.17) is 5.21 Å². The zero-order valence-corrected chi connectivity index (χ0v) is 35.1. The number of rotatable bonds is 36. The van der Waals surface area contributed by atoms with Crippen LogP contribution in [0, 0.1) is 0 Å². The number of unbranched alkanes of at least 4 members (excludes halogenated alkanes) is 11. The molecule has 0 aliphatic heterocycles. The Labute approximate surface area is 359 Å². The second-order valence-corrected chi connectivity index (χ2v) is 14.3. The first-order chi connectivity index (χ1) is 29.6. The van der Waals surface area contributed by atoms with Crippen LogP contribution in [0.15, 0.2) is 12.2 Å². The summed E-state index contributed by atoms with van der Waals surface area (Å²) in [5.41, 5.74) is 0. The van der Waals surface area contributed by atoms with Gasteiger partial charge >= 0.3 is 5.97 Å². The molecule has 0 rings (SSSR count). The van der Waals surface area contributed by atoms with Gasteiger partial charge in [-0.3, -0.25) is 63.6 Å². The fourth-order valence-corrected chi connectivity index (χ4v) is 5.75. The van der Waals surface area contributed by atoms with Gasteiger partial charge in [-0.15, -0.1) is 0 Å². The van der Waals surface area contributed by atoms with Crippen LogP contribution in [0.2, 0.25) is 0 Å². The summed E-state index contributed by atoms with van der Waals surface area (Å²) in [7, 11) is 0. The average molecular weight is 886 g/mol. The van der Waals surface area contributed by atoms with Gasteiger partial charge in [-0.05, 0) is 51.4 Å². The van der Waals surface area contributed by atoms with Crippen molar-refractivity contribution in [3.8, 4) is 0 Å². The van der Waals surface area contributed by atoms with E-state index >= 15 is 0 Å². The smallest absolute Gasteiger partial charge is 0.326 e. The Morgan fingerprint density at radius 3 is 1.26 bits per heavy atom. The summed E-state index contributed by atoms with van der Waals surface area (Å²) in [6, 6.07) is -7.18. The number of imide groups is 3. The van der Waals surface area contributed by atoms with Crippen molar-refractivity contribution in [2.75, 3.05) is 6.61 Å². The first-order valence-electron chi connectivity index (χ1n) is 20.6. The SMILES string of the molecule is CCCCCCCC/C=C\CCCCCCCC(=O)N[C@@H](CCC(=O)N(O)C=O)C(=O)N[C@@H](CCC(=O)N(O)C=O)C(=O)N[C@@H](CO)C(=O)N[C@@H](CCC(=O)N(O)C=O)C(=O)O. The fraction of sp³-hybridized carbons (Fsp3) is 0.667. The number of hydroxylamine groups is 6. The molecule has 62 heavy (non-hydrogen) atoms. The third kappa shape index (κ3) is 25.2. The van der Waals surface area contributed by atoms with Gasteiger partial charge in [0.15, 0.2) is 0 Å². The number of aliphatic carboxylic acids is 1. The van der Waals surface area contributed by atoms with Crippen LogP contribution in [-0.2, 0) is 52.7 Å². The van der Waals surface area contributed by atoms with Crippen molar-refractivity contribution in [2.45, 2.75) is 160 Å². The molecule has 350 valence electrons. The summed E-state index contributed by atoms with van der Waals surface area (Å²) in [5, 5.41) is 55.1. The summed E-state index contributed by atoms with van der Waals surface area (Å²) in [6.07, 6.45) is 12.9. The van der Waals surface area contributed by atoms with Gasteiger partial charge in [0.2, 0.25) is 42.9 Å². The predicted octanol–water partition coefficient (Wildman–Crippen LogP) is 0.503. The molecule has 0 aliphatic carbocycles. The van der Waals surface area contributed by atoms with Gasteiger partial charge in [-0.2, -0.15) is 15.2 Å². The maximum Gasteiger partial charge on any atom is 0.326 e. The zero-order chi connectivity index (χ0) is 46.9. The van der Waals surface area contributed by atoms with Crippen molar-refractivity contribution in [3.05, 3.63) is 12.2 Å². The van der Waals surface area contributed by atoms with Crippen molar-refractivity contribution in [1.29, 1.82) is 0 Å². The van der Waals surface area contributed by atoms with Crippen LogP contribution in [0.1, 0.15) is 135 Å². The summed E-state index contributed by atoms with van der Waals surface area (Å²) >= 11 is 0. The van der Waals surface area contributed by atoms with E-state index in [1.807, 2.05) is 10.6 Å². The highest BCUT2D eigenvalue weighted by molar-refractivity contribution is 5.96. The molecular formula is C39H63N7O16. The first kappa shape index (κ1) is 56.3. The summed E-state index contributed by atoms with van der Waals surface area (Å²) in [6.45, 7) is 1.02. The lowest BCUT2D eigenvalue weighted by Crippen LogP contribution is -2.58. The Morgan fingerprint density at radius 2 is 0.839 bits per heavy atom. The summed E-state index contributed by atoms with van der Waals surface area (Å²) in [4.78, 5) is 133. The Morgan fingerprint density at radius 1 is 0.484 bits per heavy atom. The van der Waals surface area contributed by atoms with E-state index in [2.05, 4.69) is 29.7 Å². The van der Waals surface area contributed by atoms with E-state index in [1.165, 1.54) is 38.5 Å². The van der Waals surface area contributed by atoms with Crippen molar-refractivity contribution >= 4 is 66.5 Å². The number of aliphatic hydroxyl groups excluding tert-OH is 1. The molecule has 0 aromatic rings. The number of nitrogens with one attached hydrogen (secondary N) is 4. The number of hydrogen-bond donors (Lipinski definition) is 9. The molecule has 23 heteroatoms. The number of nitrogens with zero attached hydrogens (tertiary/aromatic N) is 3. The molecule has 0 radical (unpaired) electrons. The first-order valence-corrected chi connectivity index (χ1v) is 20.6. The maximum absolute atomic E-state index is 13.6. The van der Waals surface area contributed by atoms with E-state index in [0.717, 1.165) is 32.1 Å². The van der Waals surface area contributed by atoms with Crippen LogP contribution in [0.3, 0.4) is 0 Å². The van der Waals surface area contributed by atoms with Crippen molar-refractivity contribution in [1.82, 2.24) is 36.5 Å². The van der Waals surface area contributed by atoms with Gasteiger partial charge in [0.1, 0.15) is 24.2 Å². The third-order valence-electron chi connectivity index (χ3n) is 9.39. The number of aliphatic hydroxyl groups is 1. The molecule has 4 atom stereocenters. The highest BCUT2D eigenvalue weighted by atomic mass is 16.5. The number of carbonyl (C=O) groups is 11. The quantitative estimate of drug-likeness (QED) is 0.0136. The number of allylic oxidation sites excluding steroid dienone is 2. The topological polar surface area (TPSA) is 347 Å². The normalized spacial score (nSPS) is 12.8. The van der Waals surface area contributed by atoms with Gasteiger partial charge in [0, 0.05) is 25.7 Å². The third-order valence-corrected chi connectivity index (χ3v) is 9.39. The Hall–Kier alpha value is -5.65. The molecule has 0 bridgehead atoms. The van der Waals surface area contributed by atoms with Gasteiger partial charge < -0.3 is 31.5 Å². The van der Waals surface area contributed by atoms with Crippen LogP contribution >= 0.6 is 0 Å². The van der Waals surface area contributed by atoms with E-state index in [1.54, 1.807) is 0 Å². The van der Waals surface area contributed by atoms with E-state index in [0.29, 0.717) is 12.8 Å². The predicted molar refractivity (Wildman–Crippen MR) is 214 cm³/mol. The monoisotopic (exact) mass is 885 g/mol. The van der Waals surface area contributed by atoms with Crippen molar-refractivity contribution < 1.29 is 78.6 Å². The minimum atomic E-state index is -1.93. The largest absolute Gasteiger partial charge is 0.480 e. The average Bonchev–Trinajstić information content (AvgIpc) is 3.26. The van der Waals surface area contributed by atoms with E-state index in [9.17, 15) is 73.4 Å². The lowest BCUT2D eigenvalue weighted by atomic mass is 10.1. The van der Waals surface area contributed by atoms with Gasteiger partial charge in [0.05, 0.1) is 6.61 Å². The van der Waals surface area contributed by atoms with Crippen LogP contribution in [0.4, 0.5) is 0 Å². The number of carboxylic acids is 1. The molecule has 0 spiro atoms. The molecule has 9 N–H and O–H groups in total. The molecule has 0 aliphatic rings. The number of amides is 10. The minimum absolute atomic E-state index is 0.0407. The molecule has 0 aromatic heterocycles. The highest BCUT2D eigenvalue weighted by Gasteiger charge is 2.32.